The van der Waals surface area contributed by atoms with E-state index in [4.69, 9.17) is 9.47 Å². The summed E-state index contributed by atoms with van der Waals surface area (Å²) in [6.07, 6.45) is 0.610. The molecule has 0 saturated carbocycles. The highest BCUT2D eigenvalue weighted by Crippen LogP contribution is 2.44. The average molecular weight is 534 g/mol. The number of nitrogens with one attached hydrogen (secondary N) is 1. The first-order valence-corrected chi connectivity index (χ1v) is 13.1. The van der Waals surface area contributed by atoms with E-state index >= 15 is 8.78 Å². The summed E-state index contributed by atoms with van der Waals surface area (Å²) >= 11 is 0. The molecule has 1 aromatic heterocycles. The molecule has 1 N–H and O–H groups in total. The SMILES string of the molecule is COc1ccc2c3c([nH]c2c1)C(c1c(F)cc(OCCN2CC(CF)C2)cc1F)N(CC(C)(C)F)[C@H](C)C3. The number of halogens is 4. The van der Waals surface area contributed by atoms with Crippen molar-refractivity contribution in [2.75, 3.05) is 46.6 Å². The summed E-state index contributed by atoms with van der Waals surface area (Å²) in [6.45, 7) is 6.71. The molecule has 5 nitrogen and oxygen atoms in total. The Balaban J connectivity index is 1.49. The van der Waals surface area contributed by atoms with Crippen LogP contribution in [0.15, 0.2) is 30.3 Å². The fourth-order valence-electron chi connectivity index (χ4n) is 5.82. The lowest BCUT2D eigenvalue weighted by atomic mass is 9.87. The van der Waals surface area contributed by atoms with Crippen LogP contribution in [-0.4, -0.2) is 73.1 Å². The monoisotopic (exact) mass is 533 g/mol. The Morgan fingerprint density at radius 3 is 2.42 bits per heavy atom. The molecule has 0 aliphatic carbocycles. The minimum Gasteiger partial charge on any atom is -0.497 e. The summed E-state index contributed by atoms with van der Waals surface area (Å²) in [6, 6.07) is 7.04. The number of hydrogen-bond acceptors (Lipinski definition) is 4. The summed E-state index contributed by atoms with van der Waals surface area (Å²) in [5.41, 5.74) is 0.708. The molecule has 1 fully saturated rings. The van der Waals surface area contributed by atoms with Crippen LogP contribution in [0.25, 0.3) is 10.9 Å². The van der Waals surface area contributed by atoms with Crippen molar-refractivity contribution in [1.29, 1.82) is 0 Å². The number of hydrogen-bond donors (Lipinski definition) is 1. The summed E-state index contributed by atoms with van der Waals surface area (Å²) in [5, 5.41) is 0.957. The molecule has 1 saturated heterocycles. The minimum atomic E-state index is -1.58. The maximum Gasteiger partial charge on any atom is 0.135 e. The van der Waals surface area contributed by atoms with E-state index in [2.05, 4.69) is 4.98 Å². The smallest absolute Gasteiger partial charge is 0.135 e. The fraction of sp³-hybridized carbons (Fsp3) is 0.517. The zero-order valence-electron chi connectivity index (χ0n) is 22.3. The van der Waals surface area contributed by atoms with Crippen LogP contribution in [0.5, 0.6) is 11.5 Å². The number of aromatic amines is 1. The van der Waals surface area contributed by atoms with Gasteiger partial charge in [-0.05, 0) is 44.9 Å². The number of aromatic nitrogens is 1. The Morgan fingerprint density at radius 2 is 1.79 bits per heavy atom. The predicted octanol–water partition coefficient (Wildman–Crippen LogP) is 5.82. The lowest BCUT2D eigenvalue weighted by molar-refractivity contribution is 0.0637. The van der Waals surface area contributed by atoms with Gasteiger partial charge in [0, 0.05) is 78.5 Å². The quantitative estimate of drug-likeness (QED) is 0.352. The van der Waals surface area contributed by atoms with Gasteiger partial charge in [-0.1, -0.05) is 0 Å². The van der Waals surface area contributed by atoms with Gasteiger partial charge in [-0.3, -0.25) is 14.2 Å². The van der Waals surface area contributed by atoms with Crippen LogP contribution >= 0.6 is 0 Å². The summed E-state index contributed by atoms with van der Waals surface area (Å²) in [4.78, 5) is 7.25. The first kappa shape index (κ1) is 26.8. The minimum absolute atomic E-state index is 0.00377. The average Bonchev–Trinajstić information content (AvgIpc) is 3.18. The van der Waals surface area contributed by atoms with E-state index < -0.39 is 23.3 Å². The van der Waals surface area contributed by atoms with Crippen molar-refractivity contribution >= 4 is 10.9 Å². The molecule has 1 unspecified atom stereocenters. The van der Waals surface area contributed by atoms with E-state index in [0.717, 1.165) is 16.5 Å². The van der Waals surface area contributed by atoms with E-state index in [9.17, 15) is 8.78 Å². The molecule has 2 atom stereocenters. The third-order valence-corrected chi connectivity index (χ3v) is 7.63. The number of rotatable bonds is 9. The highest BCUT2D eigenvalue weighted by molar-refractivity contribution is 5.86. The number of H-pyrrole nitrogens is 1. The van der Waals surface area contributed by atoms with Crippen molar-refractivity contribution in [3.8, 4) is 11.5 Å². The number of methoxy groups -OCH3 is 1. The van der Waals surface area contributed by atoms with Gasteiger partial charge in [-0.2, -0.15) is 0 Å². The number of fused-ring (bicyclic) bond motifs is 3. The summed E-state index contributed by atoms with van der Waals surface area (Å²) in [5.74, 6) is -0.669. The van der Waals surface area contributed by atoms with E-state index in [1.807, 2.05) is 34.9 Å². The standard InChI is InChI=1S/C29H35F4N3O2/c1-17-9-22-21-6-5-19(37-4)12-25(21)34-27(22)28(36(17)16-29(2,3)33)26-23(31)10-20(11-24(26)32)38-8-7-35-14-18(13-30)15-35/h5-6,10-12,17-18,28,34H,7-9,13-16H2,1-4H3/t17-,28?/m1/s1. The maximum absolute atomic E-state index is 15.7. The van der Waals surface area contributed by atoms with Crippen molar-refractivity contribution in [2.45, 2.75) is 44.9 Å². The van der Waals surface area contributed by atoms with Crippen molar-refractivity contribution in [1.82, 2.24) is 14.8 Å². The van der Waals surface area contributed by atoms with Crippen LogP contribution in [0.1, 0.15) is 43.6 Å². The van der Waals surface area contributed by atoms with Crippen molar-refractivity contribution in [3.63, 3.8) is 0 Å². The molecule has 9 heteroatoms. The first-order chi connectivity index (χ1) is 18.1. The molecule has 2 aliphatic heterocycles. The van der Waals surface area contributed by atoms with Gasteiger partial charge in [0.15, 0.2) is 0 Å². The second kappa shape index (κ2) is 10.4. The van der Waals surface area contributed by atoms with E-state index in [0.29, 0.717) is 37.5 Å². The molecule has 2 aromatic carbocycles. The van der Waals surface area contributed by atoms with Gasteiger partial charge in [-0.15, -0.1) is 0 Å². The molecule has 3 aromatic rings. The van der Waals surface area contributed by atoms with E-state index in [1.54, 1.807) is 7.11 Å². The zero-order chi connectivity index (χ0) is 27.2. The van der Waals surface area contributed by atoms with E-state index in [1.165, 1.54) is 26.0 Å². The topological polar surface area (TPSA) is 40.7 Å². The van der Waals surface area contributed by atoms with Gasteiger partial charge >= 0.3 is 0 Å². The highest BCUT2D eigenvalue weighted by Gasteiger charge is 2.41. The molecule has 0 amide bonds. The van der Waals surface area contributed by atoms with Crippen LogP contribution < -0.4 is 9.47 Å². The van der Waals surface area contributed by atoms with Crippen LogP contribution in [0.4, 0.5) is 17.6 Å². The zero-order valence-corrected chi connectivity index (χ0v) is 22.3. The van der Waals surface area contributed by atoms with Gasteiger partial charge in [0.05, 0.1) is 19.8 Å². The molecule has 2 aliphatic rings. The molecule has 0 radical (unpaired) electrons. The number of alkyl halides is 2. The summed E-state index contributed by atoms with van der Waals surface area (Å²) < 4.78 is 70.1. The molecule has 3 heterocycles. The number of ether oxygens (including phenoxy) is 2. The fourth-order valence-corrected chi connectivity index (χ4v) is 5.82. The molecule has 5 rings (SSSR count). The van der Waals surface area contributed by atoms with Gasteiger partial charge in [0.25, 0.3) is 0 Å². The third-order valence-electron chi connectivity index (χ3n) is 7.63. The second-order valence-corrected chi connectivity index (χ2v) is 11.2. The summed E-state index contributed by atoms with van der Waals surface area (Å²) in [7, 11) is 1.58. The Hall–Kier alpha value is -2.78. The number of benzene rings is 2. The molecular weight excluding hydrogens is 498 g/mol. The number of nitrogens with zero attached hydrogens (tertiary/aromatic N) is 2. The normalized spacial score (nSPS) is 20.9. The molecular formula is C29H35F4N3O2. The van der Waals surface area contributed by atoms with Gasteiger partial charge < -0.3 is 14.5 Å². The molecule has 0 bridgehead atoms. The van der Waals surface area contributed by atoms with Gasteiger partial charge in [-0.25, -0.2) is 13.2 Å². The first-order valence-electron chi connectivity index (χ1n) is 13.1. The largest absolute Gasteiger partial charge is 0.497 e. The van der Waals surface area contributed by atoms with Gasteiger partial charge in [0.2, 0.25) is 0 Å². The lowest BCUT2D eigenvalue weighted by Gasteiger charge is -2.43. The van der Waals surface area contributed by atoms with E-state index in [-0.39, 0.29) is 43.1 Å². The Bertz CT molecular complexity index is 1280. The predicted molar refractivity (Wildman–Crippen MR) is 140 cm³/mol. The second-order valence-electron chi connectivity index (χ2n) is 11.2. The molecule has 38 heavy (non-hydrogen) atoms. The van der Waals surface area contributed by atoms with Crippen LogP contribution in [-0.2, 0) is 6.42 Å². The Labute approximate surface area is 220 Å². The van der Waals surface area contributed by atoms with Crippen molar-refractivity contribution in [2.24, 2.45) is 5.92 Å². The van der Waals surface area contributed by atoms with Crippen molar-refractivity contribution < 1.29 is 27.0 Å². The van der Waals surface area contributed by atoms with Crippen LogP contribution in [0.3, 0.4) is 0 Å². The number of likely N-dealkylation sites (tertiary alicyclic amines) is 1. The molecule has 0 spiro atoms. The Kier molecular flexibility index (Phi) is 7.35. The van der Waals surface area contributed by atoms with Gasteiger partial charge in [0.1, 0.15) is 35.4 Å². The molecule has 206 valence electrons. The van der Waals surface area contributed by atoms with Crippen molar-refractivity contribution in [3.05, 3.63) is 58.8 Å². The van der Waals surface area contributed by atoms with Crippen LogP contribution in [0.2, 0.25) is 0 Å². The maximum atomic E-state index is 15.7. The van der Waals surface area contributed by atoms with Crippen LogP contribution in [0, 0.1) is 17.6 Å². The highest BCUT2D eigenvalue weighted by atomic mass is 19.1. The Morgan fingerprint density at radius 1 is 1.08 bits per heavy atom. The lowest BCUT2D eigenvalue weighted by Crippen LogP contribution is -2.49. The third kappa shape index (κ3) is 5.23.